The number of hydrogen-bond acceptors (Lipinski definition) is 3. The molecule has 0 saturated carbocycles. The van der Waals surface area contributed by atoms with Crippen molar-refractivity contribution in [2.24, 2.45) is 0 Å². The van der Waals surface area contributed by atoms with Crippen molar-refractivity contribution < 1.29 is 4.42 Å². The zero-order valence-corrected chi connectivity index (χ0v) is 27.1. The Morgan fingerprint density at radius 3 is 1.77 bits per heavy atom. The number of fused-ring (bicyclic) bond motifs is 4. The van der Waals surface area contributed by atoms with Crippen LogP contribution >= 0.6 is 0 Å². The average Bonchev–Trinajstić information content (AvgIpc) is 3.75. The van der Waals surface area contributed by atoms with Gasteiger partial charge in [-0.3, -0.25) is 0 Å². The Hall–Kier alpha value is -5.67. The van der Waals surface area contributed by atoms with E-state index in [-0.39, 0.29) is 14.5 Å². The van der Waals surface area contributed by atoms with Gasteiger partial charge in [-0.1, -0.05) is 0 Å². The predicted octanol–water partition coefficient (Wildman–Crippen LogP) is 11.7. The van der Waals surface area contributed by atoms with Gasteiger partial charge < -0.3 is 0 Å². The van der Waals surface area contributed by atoms with E-state index < -0.39 is 0 Å². The standard InChI is InChI=1S/C43H28N2OSe/c1-3-14-29(15-4-1)32-18-7-10-22-37(32)45(38-23-11-8-19-33(38)30-16-5-2-6-17-30)31-26-27-34-41(28-31)47-40-25-13-20-35(42(34)40)43-44-36-21-9-12-24-39(36)46-43/h1-28H. The van der Waals surface area contributed by atoms with Crippen LogP contribution in [0.4, 0.5) is 17.1 Å². The molecule has 47 heavy (non-hydrogen) atoms. The first kappa shape index (κ1) is 27.6. The van der Waals surface area contributed by atoms with Crippen LogP contribution in [0.1, 0.15) is 0 Å². The molecule has 4 heteroatoms. The van der Waals surface area contributed by atoms with Crippen LogP contribution in [0.3, 0.4) is 0 Å². The van der Waals surface area contributed by atoms with Crippen LogP contribution in [0.2, 0.25) is 0 Å². The quantitative estimate of drug-likeness (QED) is 0.165. The fourth-order valence-corrected chi connectivity index (χ4v) is 9.03. The Balaban J connectivity index is 1.27. The van der Waals surface area contributed by atoms with Crippen LogP contribution < -0.4 is 4.90 Å². The van der Waals surface area contributed by atoms with Gasteiger partial charge >= 0.3 is 280 Å². The van der Waals surface area contributed by atoms with Crippen molar-refractivity contribution in [3.63, 3.8) is 0 Å². The van der Waals surface area contributed by atoms with Crippen LogP contribution in [-0.2, 0) is 0 Å². The molecule has 9 aromatic rings. The second-order valence-corrected chi connectivity index (χ2v) is 13.8. The molecule has 222 valence electrons. The number of nitrogens with zero attached hydrogens (tertiary/aromatic N) is 2. The van der Waals surface area contributed by atoms with Gasteiger partial charge in [0.05, 0.1) is 0 Å². The summed E-state index contributed by atoms with van der Waals surface area (Å²) in [5, 5.41) is 2.50. The van der Waals surface area contributed by atoms with Crippen molar-refractivity contribution in [2.75, 3.05) is 4.90 Å². The zero-order valence-electron chi connectivity index (χ0n) is 25.4. The Kier molecular flexibility index (Phi) is 6.82. The van der Waals surface area contributed by atoms with Crippen LogP contribution in [0.15, 0.2) is 174 Å². The van der Waals surface area contributed by atoms with Crippen molar-refractivity contribution in [3.05, 3.63) is 170 Å². The molecule has 0 aliphatic heterocycles. The average molecular weight is 668 g/mol. The number of para-hydroxylation sites is 4. The van der Waals surface area contributed by atoms with Crippen molar-refractivity contribution >= 4 is 62.0 Å². The van der Waals surface area contributed by atoms with Crippen molar-refractivity contribution in [2.45, 2.75) is 0 Å². The first-order chi connectivity index (χ1) is 23.3. The third kappa shape index (κ3) is 4.87. The summed E-state index contributed by atoms with van der Waals surface area (Å²) in [4.78, 5) is 7.30. The first-order valence-electron chi connectivity index (χ1n) is 15.7. The predicted molar refractivity (Wildman–Crippen MR) is 197 cm³/mol. The number of rotatable bonds is 6. The fraction of sp³-hybridized carbons (Fsp3) is 0. The molecule has 2 aromatic heterocycles. The summed E-state index contributed by atoms with van der Waals surface area (Å²) in [5.74, 6) is 0.672. The summed E-state index contributed by atoms with van der Waals surface area (Å²) in [6, 6.07) is 60.3. The molecular weight excluding hydrogens is 639 g/mol. The summed E-state index contributed by atoms with van der Waals surface area (Å²) in [5.41, 5.74) is 10.9. The van der Waals surface area contributed by atoms with E-state index in [4.69, 9.17) is 9.40 Å². The molecule has 2 heterocycles. The van der Waals surface area contributed by atoms with Gasteiger partial charge in [0.1, 0.15) is 0 Å². The molecule has 0 saturated heterocycles. The van der Waals surface area contributed by atoms with Crippen molar-refractivity contribution in [1.29, 1.82) is 0 Å². The van der Waals surface area contributed by atoms with E-state index in [1.807, 2.05) is 24.3 Å². The molecule has 9 rings (SSSR count). The van der Waals surface area contributed by atoms with Crippen molar-refractivity contribution in [1.82, 2.24) is 4.98 Å². The molecule has 0 aliphatic rings. The van der Waals surface area contributed by atoms with Gasteiger partial charge in [-0.2, -0.15) is 0 Å². The van der Waals surface area contributed by atoms with Crippen LogP contribution in [0.5, 0.6) is 0 Å². The van der Waals surface area contributed by atoms with E-state index in [1.54, 1.807) is 0 Å². The van der Waals surface area contributed by atoms with Gasteiger partial charge in [-0.15, -0.1) is 0 Å². The molecule has 0 atom stereocenters. The summed E-state index contributed by atoms with van der Waals surface area (Å²) in [6.45, 7) is 0. The molecule has 0 unspecified atom stereocenters. The SMILES string of the molecule is c1ccc(-c2ccccc2N(c2ccc3c(c2)[se]c2cccc(-c4nc5ccccc5o4)c23)c2ccccc2-c2ccccc2)cc1. The van der Waals surface area contributed by atoms with E-state index in [2.05, 4.69) is 150 Å². The number of hydrogen-bond donors (Lipinski definition) is 0. The summed E-state index contributed by atoms with van der Waals surface area (Å²) in [7, 11) is 0. The zero-order chi connectivity index (χ0) is 31.2. The number of benzene rings is 7. The minimum absolute atomic E-state index is 0.131. The fourth-order valence-electron chi connectivity index (χ4n) is 6.59. The number of anilines is 3. The van der Waals surface area contributed by atoms with Gasteiger partial charge in [0.15, 0.2) is 0 Å². The second-order valence-electron chi connectivity index (χ2n) is 11.5. The molecule has 0 fully saturated rings. The van der Waals surface area contributed by atoms with Crippen LogP contribution in [0, 0.1) is 0 Å². The third-order valence-corrected chi connectivity index (χ3v) is 11.1. The topological polar surface area (TPSA) is 29.3 Å². The maximum atomic E-state index is 6.27. The second kappa shape index (κ2) is 11.6. The number of oxazole rings is 1. The Morgan fingerprint density at radius 1 is 0.489 bits per heavy atom. The summed E-state index contributed by atoms with van der Waals surface area (Å²) >= 11 is 0.131. The van der Waals surface area contributed by atoms with E-state index in [9.17, 15) is 0 Å². The van der Waals surface area contributed by atoms with Gasteiger partial charge in [0.2, 0.25) is 0 Å². The third-order valence-electron chi connectivity index (χ3n) is 8.72. The molecule has 0 aliphatic carbocycles. The van der Waals surface area contributed by atoms with Crippen LogP contribution in [-0.4, -0.2) is 19.5 Å². The van der Waals surface area contributed by atoms with Crippen LogP contribution in [0.25, 0.3) is 64.1 Å². The van der Waals surface area contributed by atoms with E-state index in [0.717, 1.165) is 33.7 Å². The van der Waals surface area contributed by atoms with E-state index in [0.29, 0.717) is 5.89 Å². The Labute approximate surface area is 278 Å². The Morgan fingerprint density at radius 2 is 1.09 bits per heavy atom. The first-order valence-corrected chi connectivity index (χ1v) is 17.4. The monoisotopic (exact) mass is 668 g/mol. The molecule has 0 spiro atoms. The molecule has 0 N–H and O–H groups in total. The summed E-state index contributed by atoms with van der Waals surface area (Å²) in [6.07, 6.45) is 0. The van der Waals surface area contributed by atoms with E-state index in [1.165, 1.54) is 41.5 Å². The van der Waals surface area contributed by atoms with Gasteiger partial charge in [0, 0.05) is 0 Å². The normalized spacial score (nSPS) is 11.4. The molecule has 0 bridgehead atoms. The van der Waals surface area contributed by atoms with Gasteiger partial charge in [-0.05, 0) is 0 Å². The molecule has 0 amide bonds. The maximum absolute atomic E-state index is 6.27. The van der Waals surface area contributed by atoms with E-state index >= 15 is 0 Å². The molecular formula is C43H28N2OSe. The Bertz CT molecular complexity index is 2420. The molecule has 7 aromatic carbocycles. The summed E-state index contributed by atoms with van der Waals surface area (Å²) < 4.78 is 8.98. The van der Waals surface area contributed by atoms with Gasteiger partial charge in [0.25, 0.3) is 0 Å². The molecule has 0 radical (unpaired) electrons. The number of aromatic nitrogens is 1. The minimum atomic E-state index is 0.131. The van der Waals surface area contributed by atoms with Gasteiger partial charge in [-0.25, -0.2) is 0 Å². The van der Waals surface area contributed by atoms with Crippen molar-refractivity contribution in [3.8, 4) is 33.7 Å². The molecule has 3 nitrogen and oxygen atoms in total.